The van der Waals surface area contributed by atoms with Gasteiger partial charge in [-0.2, -0.15) is 0 Å². The van der Waals surface area contributed by atoms with Gasteiger partial charge in [-0.05, 0) is 53.0 Å². The molecule has 0 fully saturated rings. The number of benzene rings is 1. The summed E-state index contributed by atoms with van der Waals surface area (Å²) in [4.78, 5) is 41.9. The Morgan fingerprint density at radius 3 is 2.37 bits per heavy atom. The Hall–Kier alpha value is -3.28. The predicted molar refractivity (Wildman–Crippen MR) is 121 cm³/mol. The Balaban J connectivity index is 1.95. The second kappa shape index (κ2) is 8.14. The van der Waals surface area contributed by atoms with Crippen molar-refractivity contribution in [1.29, 1.82) is 0 Å². The molecule has 0 unspecified atom stereocenters. The lowest BCUT2D eigenvalue weighted by Crippen LogP contribution is -2.63. The van der Waals surface area contributed by atoms with Gasteiger partial charge in [0.1, 0.15) is 28.7 Å². The molecule has 4 rings (SSSR count). The van der Waals surface area contributed by atoms with Gasteiger partial charge in [0, 0.05) is 29.2 Å². The van der Waals surface area contributed by atoms with Crippen LogP contribution < -0.4 is 5.73 Å². The summed E-state index contributed by atoms with van der Waals surface area (Å²) in [6.45, 7) is 0.138. The zero-order valence-electron chi connectivity index (χ0n) is 19.8. The SMILES string of the molecule is CN(C)Cc1cc(F)c2c(c1O)C(=O)C1=C(O)[C@]3(O)C(=O)C(C(N)=O)=C(O)[C@@H](N(C)C)[C@@H]3C[C@@H]1C2. The number of fused-ring (bicyclic) bond motifs is 3. The first-order chi connectivity index (χ1) is 16.2. The largest absolute Gasteiger partial charge is 0.510 e. The number of hydrogen-bond donors (Lipinski definition) is 5. The zero-order chi connectivity index (χ0) is 26.1. The van der Waals surface area contributed by atoms with Crippen LogP contribution in [0.5, 0.6) is 5.75 Å². The van der Waals surface area contributed by atoms with Crippen molar-refractivity contribution < 1.29 is 39.2 Å². The van der Waals surface area contributed by atoms with Crippen LogP contribution in [0.15, 0.2) is 28.7 Å². The van der Waals surface area contributed by atoms with Crippen LogP contribution in [0.1, 0.15) is 27.9 Å². The fraction of sp³-hybridized carbons (Fsp3) is 0.458. The number of ketones is 2. The summed E-state index contributed by atoms with van der Waals surface area (Å²) in [6, 6.07) is 0.0662. The molecule has 3 aliphatic rings. The predicted octanol–water partition coefficient (Wildman–Crippen LogP) is 0.321. The number of phenols is 1. The molecule has 11 heteroatoms. The van der Waals surface area contributed by atoms with Gasteiger partial charge in [0.25, 0.3) is 5.91 Å². The van der Waals surface area contributed by atoms with Crippen molar-refractivity contribution in [1.82, 2.24) is 9.80 Å². The molecule has 0 saturated carbocycles. The molecule has 1 amide bonds. The fourth-order valence-electron chi connectivity index (χ4n) is 5.79. The molecule has 0 aliphatic heterocycles. The average molecular weight is 490 g/mol. The van der Waals surface area contributed by atoms with E-state index in [2.05, 4.69) is 0 Å². The Morgan fingerprint density at radius 1 is 1.20 bits per heavy atom. The summed E-state index contributed by atoms with van der Waals surface area (Å²) in [7, 11) is 6.48. The standard InChI is InChI=1S/C24H28FN3O7/c1-27(2)8-10-7-13(25)11-5-9-6-12-17(28(3)4)20(31)16(23(26)34)22(33)24(12,35)21(32)14(9)19(30)15(11)18(10)29/h7,9,12,17,29,31-32,35H,5-6,8H2,1-4H3,(H2,26,34)/t9-,12-,17-,24-/m0/s1. The van der Waals surface area contributed by atoms with Crippen LogP contribution >= 0.6 is 0 Å². The summed E-state index contributed by atoms with van der Waals surface area (Å²) in [5.41, 5.74) is 1.19. The highest BCUT2D eigenvalue weighted by Gasteiger charge is 2.63. The Labute approximate surface area is 200 Å². The highest BCUT2D eigenvalue weighted by Crippen LogP contribution is 2.52. The number of nitrogens with two attached hydrogens (primary N) is 1. The fourth-order valence-corrected chi connectivity index (χ4v) is 5.79. The van der Waals surface area contributed by atoms with E-state index in [-0.39, 0.29) is 41.6 Å². The number of carbonyl (C=O) groups is 3. The topological polar surface area (TPSA) is 165 Å². The van der Waals surface area contributed by atoms with Crippen LogP contribution in [0, 0.1) is 17.7 Å². The summed E-state index contributed by atoms with van der Waals surface area (Å²) in [5.74, 6) is -8.24. The maximum absolute atomic E-state index is 15.1. The van der Waals surface area contributed by atoms with Gasteiger partial charge in [-0.15, -0.1) is 0 Å². The molecule has 0 aromatic heterocycles. The van der Waals surface area contributed by atoms with E-state index in [0.29, 0.717) is 0 Å². The molecule has 188 valence electrons. The number of carbonyl (C=O) groups excluding carboxylic acids is 3. The molecule has 4 atom stereocenters. The van der Waals surface area contributed by atoms with Crippen molar-refractivity contribution in [3.63, 3.8) is 0 Å². The van der Waals surface area contributed by atoms with E-state index in [1.807, 2.05) is 0 Å². The number of phenolic OH excluding ortho intramolecular Hbond substituents is 1. The number of primary amides is 1. The second-order valence-electron chi connectivity index (χ2n) is 9.92. The molecule has 3 aliphatic carbocycles. The number of hydrogen-bond acceptors (Lipinski definition) is 9. The van der Waals surface area contributed by atoms with E-state index in [1.54, 1.807) is 19.0 Å². The van der Waals surface area contributed by atoms with Gasteiger partial charge in [-0.25, -0.2) is 4.39 Å². The number of aliphatic hydroxyl groups is 3. The highest BCUT2D eigenvalue weighted by atomic mass is 19.1. The average Bonchev–Trinajstić information content (AvgIpc) is 2.73. The molecule has 0 bridgehead atoms. The maximum Gasteiger partial charge on any atom is 0.255 e. The van der Waals surface area contributed by atoms with Crippen LogP contribution in [0.3, 0.4) is 0 Å². The minimum atomic E-state index is -2.72. The number of amides is 1. The number of likely N-dealkylation sites (N-methyl/N-ethyl adjacent to an activating group) is 1. The van der Waals surface area contributed by atoms with Gasteiger partial charge in [0.05, 0.1) is 11.6 Å². The van der Waals surface area contributed by atoms with Crippen molar-refractivity contribution in [2.45, 2.75) is 31.0 Å². The lowest BCUT2D eigenvalue weighted by atomic mass is 9.58. The van der Waals surface area contributed by atoms with E-state index in [4.69, 9.17) is 5.73 Å². The first-order valence-electron chi connectivity index (χ1n) is 11.1. The first kappa shape index (κ1) is 24.8. The van der Waals surface area contributed by atoms with Gasteiger partial charge in [0.15, 0.2) is 11.4 Å². The molecule has 0 heterocycles. The summed E-state index contributed by atoms with van der Waals surface area (Å²) in [6.07, 6.45) is -0.179. The normalized spacial score (nSPS) is 28.4. The molecular formula is C24H28FN3O7. The highest BCUT2D eigenvalue weighted by molar-refractivity contribution is 6.24. The minimum absolute atomic E-state index is 0.0249. The van der Waals surface area contributed by atoms with Crippen LogP contribution in [0.2, 0.25) is 0 Å². The zero-order valence-corrected chi connectivity index (χ0v) is 19.8. The van der Waals surface area contributed by atoms with Crippen molar-refractivity contribution in [2.24, 2.45) is 17.6 Å². The third-order valence-corrected chi connectivity index (χ3v) is 7.23. The maximum atomic E-state index is 15.1. The number of aromatic hydroxyl groups is 1. The summed E-state index contributed by atoms with van der Waals surface area (Å²) in [5, 5.41) is 44.3. The smallest absolute Gasteiger partial charge is 0.255 e. The molecule has 1 aromatic rings. The number of Topliss-reactive ketones (excluding diaryl/α,β-unsaturated/α-hetero) is 2. The Bertz CT molecular complexity index is 1240. The van der Waals surface area contributed by atoms with Crippen molar-refractivity contribution in [3.05, 3.63) is 51.2 Å². The lowest BCUT2D eigenvalue weighted by molar-refractivity contribution is -0.148. The van der Waals surface area contributed by atoms with Crippen LogP contribution in [0.4, 0.5) is 4.39 Å². The van der Waals surface area contributed by atoms with E-state index in [9.17, 15) is 34.8 Å². The van der Waals surface area contributed by atoms with Gasteiger partial charge in [-0.3, -0.25) is 19.3 Å². The van der Waals surface area contributed by atoms with E-state index in [0.717, 1.165) is 6.07 Å². The summed E-state index contributed by atoms with van der Waals surface area (Å²) < 4.78 is 15.1. The molecule has 0 spiro atoms. The van der Waals surface area contributed by atoms with Crippen molar-refractivity contribution >= 4 is 17.5 Å². The third kappa shape index (κ3) is 3.37. The van der Waals surface area contributed by atoms with Gasteiger partial charge >= 0.3 is 0 Å². The Kier molecular flexibility index (Phi) is 5.78. The second-order valence-corrected chi connectivity index (χ2v) is 9.92. The minimum Gasteiger partial charge on any atom is -0.510 e. The van der Waals surface area contributed by atoms with E-state index in [1.165, 1.54) is 19.0 Å². The molecule has 35 heavy (non-hydrogen) atoms. The van der Waals surface area contributed by atoms with Crippen molar-refractivity contribution in [3.8, 4) is 5.75 Å². The number of aliphatic hydroxyl groups excluding tert-OH is 2. The van der Waals surface area contributed by atoms with Gasteiger partial charge in [-0.1, -0.05) is 0 Å². The van der Waals surface area contributed by atoms with Gasteiger partial charge < -0.3 is 31.1 Å². The molecule has 10 nitrogen and oxygen atoms in total. The summed E-state index contributed by atoms with van der Waals surface area (Å²) >= 11 is 0. The van der Waals surface area contributed by atoms with Crippen LogP contribution in [-0.4, -0.2) is 87.5 Å². The molecule has 1 aromatic carbocycles. The number of rotatable bonds is 4. The van der Waals surface area contributed by atoms with Crippen LogP contribution in [0.25, 0.3) is 0 Å². The molecule has 6 N–H and O–H groups in total. The van der Waals surface area contributed by atoms with E-state index < -0.39 is 69.6 Å². The molecule has 0 radical (unpaired) electrons. The number of nitrogens with zero attached hydrogens (tertiary/aromatic N) is 2. The lowest BCUT2D eigenvalue weighted by Gasteiger charge is -2.50. The first-order valence-corrected chi connectivity index (χ1v) is 11.1. The van der Waals surface area contributed by atoms with E-state index >= 15 is 4.39 Å². The number of halogens is 1. The van der Waals surface area contributed by atoms with Crippen molar-refractivity contribution in [2.75, 3.05) is 28.2 Å². The monoisotopic (exact) mass is 489 g/mol. The van der Waals surface area contributed by atoms with Crippen LogP contribution in [-0.2, 0) is 22.6 Å². The molecular weight excluding hydrogens is 461 g/mol. The Morgan fingerprint density at radius 2 is 1.83 bits per heavy atom. The number of allylic oxidation sites excluding steroid dienone is 1. The molecule has 0 saturated heterocycles. The quantitative estimate of drug-likeness (QED) is 0.375. The third-order valence-electron chi connectivity index (χ3n) is 7.23. The van der Waals surface area contributed by atoms with Gasteiger partial charge in [0.2, 0.25) is 5.78 Å².